The number of carbonyl (C=O) groups is 1. The van der Waals surface area contributed by atoms with E-state index in [9.17, 15) is 13.2 Å². The molecule has 2 saturated heterocycles. The van der Waals surface area contributed by atoms with Crippen LogP contribution in [-0.2, 0) is 24.1 Å². The quantitative estimate of drug-likeness (QED) is 0.320. The molecule has 5 rings (SSSR count). The van der Waals surface area contributed by atoms with Crippen LogP contribution in [0.4, 0.5) is 16.3 Å². The second-order valence-corrected chi connectivity index (χ2v) is 14.4. The van der Waals surface area contributed by atoms with Gasteiger partial charge in [-0.25, -0.2) is 8.42 Å². The van der Waals surface area contributed by atoms with Gasteiger partial charge in [0, 0.05) is 6.26 Å². The van der Waals surface area contributed by atoms with Crippen LogP contribution in [-0.4, -0.2) is 78.0 Å². The molecule has 0 aliphatic carbocycles. The van der Waals surface area contributed by atoms with Crippen LogP contribution in [0.25, 0.3) is 0 Å². The third-order valence-electron chi connectivity index (χ3n) is 6.61. The van der Waals surface area contributed by atoms with Crippen molar-refractivity contribution in [2.45, 2.75) is 48.2 Å². The zero-order valence-electron chi connectivity index (χ0n) is 20.7. The van der Waals surface area contributed by atoms with E-state index in [0.29, 0.717) is 37.0 Å². The van der Waals surface area contributed by atoms with E-state index in [-0.39, 0.29) is 28.1 Å². The number of sulfone groups is 1. The number of fused-ring (bicyclic) bond motifs is 3. The van der Waals surface area contributed by atoms with Crippen LogP contribution >= 0.6 is 0 Å². The van der Waals surface area contributed by atoms with Crippen molar-refractivity contribution in [1.29, 1.82) is 0 Å². The number of hydrogen-bond acceptors (Lipinski definition) is 9. The molecule has 10 nitrogen and oxygen atoms in total. The summed E-state index contributed by atoms with van der Waals surface area (Å²) < 4.78 is 41.9. The predicted molar refractivity (Wildman–Crippen MR) is 128 cm³/mol. The third kappa shape index (κ3) is 4.99. The van der Waals surface area contributed by atoms with E-state index in [1.54, 1.807) is 17.0 Å². The van der Waals surface area contributed by atoms with E-state index >= 15 is 0 Å². The van der Waals surface area contributed by atoms with Gasteiger partial charge in [-0.2, -0.15) is 0 Å². The molecule has 3 unspecified atom stereocenters. The topological polar surface area (TPSA) is 111 Å². The van der Waals surface area contributed by atoms with Gasteiger partial charge in [0.05, 0.1) is 0 Å². The van der Waals surface area contributed by atoms with Crippen molar-refractivity contribution in [1.82, 2.24) is 14.9 Å². The number of piperidine rings is 1. The fraction of sp³-hybridized carbons (Fsp3) is 0.542. The number of benzene rings is 1. The molecule has 0 radical (unpaired) electrons. The first-order chi connectivity index (χ1) is 17.1. The number of ether oxygens (including phenoxy) is 2. The second-order valence-electron chi connectivity index (χ2n) is 9.65. The Morgan fingerprint density at radius 3 is 2.78 bits per heavy atom. The number of carbonyl (C=O) groups excluding carboxylic acids is 1. The molecule has 0 N–H and O–H groups in total. The average Bonchev–Trinajstić information content (AvgIpc) is 3.22. The van der Waals surface area contributed by atoms with Crippen molar-refractivity contribution in [3.8, 4) is 5.88 Å². The van der Waals surface area contributed by atoms with E-state index in [1.807, 2.05) is 26.8 Å². The predicted octanol–water partition coefficient (Wildman–Crippen LogP) is -0.490. The van der Waals surface area contributed by atoms with Crippen molar-refractivity contribution in [2.75, 3.05) is 37.4 Å². The molecule has 3 atom stereocenters. The van der Waals surface area contributed by atoms with Crippen LogP contribution in [0.1, 0.15) is 25.0 Å². The summed E-state index contributed by atoms with van der Waals surface area (Å²) in [7, 11) is -3.26. The fourth-order valence-corrected chi connectivity index (χ4v) is 8.33. The monoisotopic (exact) mass is 629 g/mol. The van der Waals surface area contributed by atoms with Gasteiger partial charge in [0.1, 0.15) is 0 Å². The number of anilines is 2. The molecule has 196 valence electrons. The Labute approximate surface area is 222 Å². The molecule has 0 saturated carbocycles. The minimum atomic E-state index is -3.26. The Bertz CT molecular complexity index is 1260. The third-order valence-corrected chi connectivity index (χ3v) is 10.2. The molecule has 1 amide bonds. The van der Waals surface area contributed by atoms with Crippen molar-refractivity contribution < 1.29 is 47.4 Å². The molecule has 0 spiro atoms. The van der Waals surface area contributed by atoms with Gasteiger partial charge in [0.25, 0.3) is 0 Å². The van der Waals surface area contributed by atoms with E-state index in [0.717, 1.165) is 29.1 Å². The summed E-state index contributed by atoms with van der Waals surface area (Å²) in [6, 6.07) is 5.24. The summed E-state index contributed by atoms with van der Waals surface area (Å²) in [5.74, 6) is 1.32. The number of likely N-dealkylation sites (tertiary alicyclic amines) is 1. The van der Waals surface area contributed by atoms with Crippen LogP contribution in [0, 0.1) is 12.8 Å². The van der Waals surface area contributed by atoms with Crippen LogP contribution < -0.4 is 31.3 Å². The van der Waals surface area contributed by atoms with Crippen molar-refractivity contribution >= 4 is 27.4 Å². The van der Waals surface area contributed by atoms with Crippen LogP contribution in [0.15, 0.2) is 29.4 Å². The number of nitrogens with zero attached hydrogens (tertiary/aromatic N) is 4. The summed E-state index contributed by atoms with van der Waals surface area (Å²) in [6.45, 7) is 7.98. The van der Waals surface area contributed by atoms with Gasteiger partial charge in [-0.15, -0.1) is 0 Å². The number of halogens is 1. The second kappa shape index (κ2) is 9.93. The summed E-state index contributed by atoms with van der Waals surface area (Å²) >= 11 is -0.592. The Kier molecular flexibility index (Phi) is 7.03. The normalized spacial score (nSPS) is 23.8. The van der Waals surface area contributed by atoms with Gasteiger partial charge in [-0.05, 0) is 0 Å². The molecule has 1 aromatic carbocycles. The Hall–Kier alpha value is -2.19. The van der Waals surface area contributed by atoms with Gasteiger partial charge in [-0.3, -0.25) is 0 Å². The molecular formula is C24H30IN4O6S-. The van der Waals surface area contributed by atoms with E-state index in [4.69, 9.17) is 12.5 Å². The van der Waals surface area contributed by atoms with Gasteiger partial charge in [0.2, 0.25) is 0 Å². The fourth-order valence-electron chi connectivity index (χ4n) is 4.87. The maximum absolute atomic E-state index is 12.5. The van der Waals surface area contributed by atoms with Crippen molar-refractivity contribution in [2.24, 2.45) is 5.92 Å². The average molecular weight is 629 g/mol. The molecule has 2 fully saturated rings. The standard InChI is InChI=1S/C24H30IN4O6S/c1-14(2)34-24(30)28-10-17-12-33-25-19(11-28)21(17)35-23-15(3)22(26-13-27-23)29-8-7-16-9-18(36(4,31)32)5-6-20(16)29/h5-6,9,13-14,17,19,21H,7-8,10-12H2,1-4H3/q-1. The van der Waals surface area contributed by atoms with Gasteiger partial charge in [-0.1, -0.05) is 0 Å². The minimum absolute atomic E-state index is 0.0386. The number of rotatable bonds is 5. The van der Waals surface area contributed by atoms with Crippen molar-refractivity contribution in [3.63, 3.8) is 0 Å². The molecule has 12 heteroatoms. The van der Waals surface area contributed by atoms with Crippen LogP contribution in [0.2, 0.25) is 0 Å². The zero-order valence-corrected chi connectivity index (χ0v) is 23.7. The summed E-state index contributed by atoms with van der Waals surface area (Å²) in [5, 5.41) is 0. The first-order valence-corrected chi connectivity index (χ1v) is 15.9. The number of aromatic nitrogens is 2. The molecule has 2 bridgehead atoms. The van der Waals surface area contributed by atoms with E-state index in [1.165, 1.54) is 12.6 Å². The number of alkyl halides is 1. The Morgan fingerprint density at radius 1 is 1.25 bits per heavy atom. The number of hydrogen-bond donors (Lipinski definition) is 0. The van der Waals surface area contributed by atoms with Gasteiger partial charge >= 0.3 is 208 Å². The van der Waals surface area contributed by atoms with E-state index in [2.05, 4.69) is 14.9 Å². The van der Waals surface area contributed by atoms with Gasteiger partial charge in [0.15, 0.2) is 0 Å². The SMILES string of the molecule is Cc1c(OC2C3CO[I-]C2CN(C(=O)OC(C)C)C3)ncnc1N1CCc2cc(S(C)(=O)=O)ccc21. The van der Waals surface area contributed by atoms with Crippen LogP contribution in [0.5, 0.6) is 5.88 Å². The van der Waals surface area contributed by atoms with Crippen molar-refractivity contribution in [3.05, 3.63) is 35.7 Å². The number of amides is 1. The summed E-state index contributed by atoms with van der Waals surface area (Å²) in [6.07, 6.45) is 2.94. The zero-order chi connectivity index (χ0) is 25.6. The Balaban J connectivity index is 1.36. The summed E-state index contributed by atoms with van der Waals surface area (Å²) in [5.41, 5.74) is 2.76. The first kappa shape index (κ1) is 25.5. The summed E-state index contributed by atoms with van der Waals surface area (Å²) in [4.78, 5) is 25.7. The molecule has 3 aliphatic rings. The molecule has 3 aliphatic heterocycles. The molecule has 2 aromatic rings. The van der Waals surface area contributed by atoms with E-state index < -0.39 is 31.5 Å². The molecular weight excluding hydrogens is 599 g/mol. The van der Waals surface area contributed by atoms with Gasteiger partial charge < -0.3 is 0 Å². The first-order valence-electron chi connectivity index (χ1n) is 11.9. The molecule has 4 heterocycles. The maximum atomic E-state index is 12.5. The molecule has 1 aromatic heterocycles. The molecule has 36 heavy (non-hydrogen) atoms. The van der Waals surface area contributed by atoms with Crippen LogP contribution in [0.3, 0.4) is 0 Å². The Morgan fingerprint density at radius 2 is 2.06 bits per heavy atom.